The third-order valence-corrected chi connectivity index (χ3v) is 4.40. The highest BCUT2D eigenvalue weighted by atomic mass is 16.5. The summed E-state index contributed by atoms with van der Waals surface area (Å²) in [7, 11) is 0. The second kappa shape index (κ2) is 8.52. The van der Waals surface area contributed by atoms with Crippen LogP contribution in [0.3, 0.4) is 0 Å². The molecule has 140 valence electrons. The highest BCUT2D eigenvalue weighted by molar-refractivity contribution is 6.01. The number of amides is 1. The van der Waals surface area contributed by atoms with Crippen molar-refractivity contribution in [2.45, 2.75) is 13.5 Å². The van der Waals surface area contributed by atoms with E-state index in [1.165, 1.54) is 6.08 Å². The average Bonchev–Trinajstić information content (AvgIpc) is 3.04. The zero-order chi connectivity index (χ0) is 19.2. The first kappa shape index (κ1) is 18.7. The molecule has 0 N–H and O–H groups in total. The maximum absolute atomic E-state index is 12.6. The number of benzene rings is 1. The summed E-state index contributed by atoms with van der Waals surface area (Å²) in [4.78, 5) is 26.3. The molecule has 1 amide bonds. The van der Waals surface area contributed by atoms with Gasteiger partial charge in [-0.05, 0) is 19.1 Å². The van der Waals surface area contributed by atoms with Crippen LogP contribution in [0.1, 0.15) is 12.5 Å². The van der Waals surface area contributed by atoms with Crippen LogP contribution < -0.4 is 0 Å². The van der Waals surface area contributed by atoms with Gasteiger partial charge in [0.25, 0.3) is 0 Å². The minimum atomic E-state index is -0.652. The van der Waals surface area contributed by atoms with Crippen molar-refractivity contribution < 1.29 is 19.1 Å². The lowest BCUT2D eigenvalue weighted by atomic mass is 10.1. The molecule has 0 saturated carbocycles. The molecule has 0 aliphatic carbocycles. The molecule has 7 heteroatoms. The minimum Gasteiger partial charge on any atom is -0.462 e. The number of ether oxygens (including phenoxy) is 2. The molecule has 1 aromatic heterocycles. The first-order valence-corrected chi connectivity index (χ1v) is 8.86. The Morgan fingerprint density at radius 1 is 1.30 bits per heavy atom. The predicted octanol–water partition coefficient (Wildman–Crippen LogP) is 1.97. The molecule has 0 spiro atoms. The van der Waals surface area contributed by atoms with Crippen molar-refractivity contribution in [1.29, 1.82) is 5.26 Å². The summed E-state index contributed by atoms with van der Waals surface area (Å²) in [6, 6.07) is 9.47. The number of fused-ring (bicyclic) bond motifs is 1. The Morgan fingerprint density at radius 3 is 2.74 bits per heavy atom. The van der Waals surface area contributed by atoms with E-state index in [0.29, 0.717) is 31.9 Å². The molecule has 0 bridgehead atoms. The number of nitriles is 1. The quantitative estimate of drug-likeness (QED) is 0.458. The third-order valence-electron chi connectivity index (χ3n) is 4.40. The fourth-order valence-corrected chi connectivity index (χ4v) is 3.08. The number of hydrogen-bond donors (Lipinski definition) is 0. The average molecular weight is 367 g/mol. The molecule has 27 heavy (non-hydrogen) atoms. The van der Waals surface area contributed by atoms with Crippen molar-refractivity contribution in [1.82, 2.24) is 9.47 Å². The first-order valence-electron chi connectivity index (χ1n) is 8.86. The summed E-state index contributed by atoms with van der Waals surface area (Å²) in [6.45, 7) is 4.37. The van der Waals surface area contributed by atoms with Crippen LogP contribution in [0.5, 0.6) is 0 Å². The SMILES string of the molecule is CCOC(=O)/C(C#N)=C/c1cn(CC(=O)N2CCOCC2)c2ccccc12. The summed E-state index contributed by atoms with van der Waals surface area (Å²) >= 11 is 0. The zero-order valence-corrected chi connectivity index (χ0v) is 15.2. The molecule has 3 rings (SSSR count). The number of nitrogens with zero attached hydrogens (tertiary/aromatic N) is 3. The monoisotopic (exact) mass is 367 g/mol. The summed E-state index contributed by atoms with van der Waals surface area (Å²) in [5.74, 6) is -0.637. The number of para-hydroxylation sites is 1. The maximum atomic E-state index is 12.6. The number of aromatic nitrogens is 1. The fourth-order valence-electron chi connectivity index (χ4n) is 3.08. The molecule has 1 fully saturated rings. The van der Waals surface area contributed by atoms with Crippen molar-refractivity contribution in [2.75, 3.05) is 32.9 Å². The number of morpholine rings is 1. The lowest BCUT2D eigenvalue weighted by Gasteiger charge is -2.27. The van der Waals surface area contributed by atoms with E-state index in [1.807, 2.05) is 34.9 Å². The molecule has 1 aliphatic rings. The van der Waals surface area contributed by atoms with Gasteiger partial charge in [-0.1, -0.05) is 18.2 Å². The van der Waals surface area contributed by atoms with Gasteiger partial charge in [-0.15, -0.1) is 0 Å². The Balaban J connectivity index is 1.93. The Kier molecular flexibility index (Phi) is 5.89. The molecule has 0 atom stereocenters. The standard InChI is InChI=1S/C20H21N3O4/c1-2-27-20(25)15(12-21)11-16-13-23(18-6-4-3-5-17(16)18)14-19(24)22-7-9-26-10-8-22/h3-6,11,13H,2,7-10,14H2,1H3/b15-11+. The Hall–Kier alpha value is -3.11. The smallest absolute Gasteiger partial charge is 0.348 e. The van der Waals surface area contributed by atoms with Crippen LogP contribution in [0.15, 0.2) is 36.0 Å². The molecule has 1 aliphatic heterocycles. The van der Waals surface area contributed by atoms with Gasteiger partial charge in [0, 0.05) is 35.8 Å². The molecular weight excluding hydrogens is 346 g/mol. The molecule has 2 aromatic rings. The van der Waals surface area contributed by atoms with Gasteiger partial charge in [0.05, 0.1) is 19.8 Å². The second-order valence-electron chi connectivity index (χ2n) is 6.11. The van der Waals surface area contributed by atoms with E-state index in [-0.39, 0.29) is 24.6 Å². The van der Waals surface area contributed by atoms with E-state index in [4.69, 9.17) is 9.47 Å². The van der Waals surface area contributed by atoms with Gasteiger partial charge in [0.1, 0.15) is 18.2 Å². The number of carbonyl (C=O) groups excluding carboxylic acids is 2. The van der Waals surface area contributed by atoms with Gasteiger partial charge >= 0.3 is 5.97 Å². The van der Waals surface area contributed by atoms with Crippen LogP contribution in [0.2, 0.25) is 0 Å². The summed E-state index contributed by atoms with van der Waals surface area (Å²) in [5, 5.41) is 10.1. The van der Waals surface area contributed by atoms with Crippen LogP contribution in [-0.4, -0.2) is 54.3 Å². The Labute approximate surface area is 157 Å². The van der Waals surface area contributed by atoms with E-state index in [0.717, 1.165) is 10.9 Å². The van der Waals surface area contributed by atoms with E-state index in [9.17, 15) is 14.9 Å². The van der Waals surface area contributed by atoms with Gasteiger partial charge in [-0.3, -0.25) is 4.79 Å². The normalized spacial score (nSPS) is 14.8. The molecule has 0 radical (unpaired) electrons. The van der Waals surface area contributed by atoms with E-state index < -0.39 is 5.97 Å². The number of carbonyl (C=O) groups is 2. The molecule has 0 unspecified atom stereocenters. The summed E-state index contributed by atoms with van der Waals surface area (Å²) in [5.41, 5.74) is 1.50. The van der Waals surface area contributed by atoms with Gasteiger partial charge < -0.3 is 18.9 Å². The second-order valence-corrected chi connectivity index (χ2v) is 6.11. The lowest BCUT2D eigenvalue weighted by molar-refractivity contribution is -0.138. The molecular formula is C20H21N3O4. The Morgan fingerprint density at radius 2 is 2.04 bits per heavy atom. The van der Waals surface area contributed by atoms with Crippen LogP contribution in [0, 0.1) is 11.3 Å². The van der Waals surface area contributed by atoms with Gasteiger partial charge in [0.15, 0.2) is 0 Å². The van der Waals surface area contributed by atoms with Crippen LogP contribution >= 0.6 is 0 Å². The fraction of sp³-hybridized carbons (Fsp3) is 0.350. The molecule has 1 saturated heterocycles. The van der Waals surface area contributed by atoms with Crippen molar-refractivity contribution in [2.24, 2.45) is 0 Å². The predicted molar refractivity (Wildman–Crippen MR) is 99.6 cm³/mol. The van der Waals surface area contributed by atoms with Gasteiger partial charge in [-0.2, -0.15) is 5.26 Å². The van der Waals surface area contributed by atoms with Gasteiger partial charge in [-0.25, -0.2) is 4.79 Å². The van der Waals surface area contributed by atoms with Crippen LogP contribution in [0.4, 0.5) is 0 Å². The number of rotatable bonds is 5. The zero-order valence-electron chi connectivity index (χ0n) is 15.2. The maximum Gasteiger partial charge on any atom is 0.348 e. The third kappa shape index (κ3) is 4.18. The number of hydrogen-bond acceptors (Lipinski definition) is 5. The van der Waals surface area contributed by atoms with Crippen molar-refractivity contribution in [3.63, 3.8) is 0 Å². The first-order chi connectivity index (χ1) is 13.1. The van der Waals surface area contributed by atoms with Crippen molar-refractivity contribution >= 4 is 28.9 Å². The van der Waals surface area contributed by atoms with E-state index in [1.54, 1.807) is 18.0 Å². The highest BCUT2D eigenvalue weighted by Gasteiger charge is 2.19. The summed E-state index contributed by atoms with van der Waals surface area (Å²) in [6.07, 6.45) is 3.30. The van der Waals surface area contributed by atoms with Crippen molar-refractivity contribution in [3.8, 4) is 6.07 Å². The molecule has 2 heterocycles. The molecule has 7 nitrogen and oxygen atoms in total. The highest BCUT2D eigenvalue weighted by Crippen LogP contribution is 2.24. The van der Waals surface area contributed by atoms with E-state index in [2.05, 4.69) is 0 Å². The topological polar surface area (TPSA) is 84.6 Å². The van der Waals surface area contributed by atoms with Gasteiger partial charge in [0.2, 0.25) is 5.91 Å². The number of esters is 1. The van der Waals surface area contributed by atoms with E-state index >= 15 is 0 Å². The van der Waals surface area contributed by atoms with Crippen molar-refractivity contribution in [3.05, 3.63) is 41.6 Å². The molecule has 1 aromatic carbocycles. The lowest BCUT2D eigenvalue weighted by Crippen LogP contribution is -2.42. The minimum absolute atomic E-state index is 0.0143. The van der Waals surface area contributed by atoms with Crippen LogP contribution in [-0.2, 0) is 25.6 Å². The van der Waals surface area contributed by atoms with Crippen LogP contribution in [0.25, 0.3) is 17.0 Å². The Bertz CT molecular complexity index is 917. The summed E-state index contributed by atoms with van der Waals surface area (Å²) < 4.78 is 12.1. The largest absolute Gasteiger partial charge is 0.462 e.